The summed E-state index contributed by atoms with van der Waals surface area (Å²) < 4.78 is 13.9. The van der Waals surface area contributed by atoms with E-state index in [1.54, 1.807) is 36.4 Å². The van der Waals surface area contributed by atoms with Crippen LogP contribution in [0.1, 0.15) is 58.5 Å². The standard InChI is InChI=1S/C31H37BrFN3O3/c1-3-15-36(16-4-2)31(39)25-12-8-11-24(19-25)30(38)35-28(18-22-9-6-5-7-10-22)29(37)21-34-20-23-13-14-27(33)26(32)17-23/h5-14,17,19,28-29,34,37H,3-4,15-16,18,20-21H2,1-2H3,(H,35,38)/t28-,29+/m0/s1. The van der Waals surface area contributed by atoms with Crippen LogP contribution < -0.4 is 10.6 Å². The van der Waals surface area contributed by atoms with Crippen molar-refractivity contribution < 1.29 is 19.1 Å². The molecule has 2 amide bonds. The Labute approximate surface area is 238 Å². The topological polar surface area (TPSA) is 81.7 Å². The Morgan fingerprint density at radius 2 is 1.62 bits per heavy atom. The molecule has 3 aromatic rings. The van der Waals surface area contributed by atoms with Crippen LogP contribution in [0.25, 0.3) is 0 Å². The molecule has 0 aliphatic rings. The van der Waals surface area contributed by atoms with Crippen LogP contribution in [-0.4, -0.2) is 53.6 Å². The number of aliphatic hydroxyl groups excluding tert-OH is 1. The molecule has 0 bridgehead atoms. The molecule has 0 unspecified atom stereocenters. The van der Waals surface area contributed by atoms with Gasteiger partial charge in [-0.15, -0.1) is 0 Å². The monoisotopic (exact) mass is 597 g/mol. The molecule has 39 heavy (non-hydrogen) atoms. The first-order chi connectivity index (χ1) is 18.8. The van der Waals surface area contributed by atoms with Gasteiger partial charge in [-0.1, -0.05) is 56.3 Å². The number of carbonyl (C=O) groups excluding carboxylic acids is 2. The molecular formula is C31H37BrFN3O3. The lowest BCUT2D eigenvalue weighted by Crippen LogP contribution is -2.48. The molecule has 0 spiro atoms. The lowest BCUT2D eigenvalue weighted by molar-refractivity contribution is 0.0755. The summed E-state index contributed by atoms with van der Waals surface area (Å²) >= 11 is 3.19. The van der Waals surface area contributed by atoms with E-state index in [0.29, 0.717) is 41.7 Å². The largest absolute Gasteiger partial charge is 0.390 e. The van der Waals surface area contributed by atoms with Crippen LogP contribution in [0.5, 0.6) is 0 Å². The van der Waals surface area contributed by atoms with E-state index in [2.05, 4.69) is 26.6 Å². The Balaban J connectivity index is 1.71. The zero-order valence-electron chi connectivity index (χ0n) is 22.5. The molecule has 3 aromatic carbocycles. The molecular weight excluding hydrogens is 561 g/mol. The average Bonchev–Trinajstić information content (AvgIpc) is 2.94. The van der Waals surface area contributed by atoms with Crippen LogP contribution in [0.3, 0.4) is 0 Å². The number of amides is 2. The third-order valence-electron chi connectivity index (χ3n) is 6.39. The normalized spacial score (nSPS) is 12.5. The fourth-order valence-corrected chi connectivity index (χ4v) is 4.82. The van der Waals surface area contributed by atoms with Gasteiger partial charge in [-0.25, -0.2) is 4.39 Å². The molecule has 0 aromatic heterocycles. The Morgan fingerprint density at radius 1 is 0.923 bits per heavy atom. The number of nitrogens with one attached hydrogen (secondary N) is 2. The van der Waals surface area contributed by atoms with E-state index >= 15 is 0 Å². The van der Waals surface area contributed by atoms with Gasteiger partial charge in [0.15, 0.2) is 0 Å². The van der Waals surface area contributed by atoms with Crippen LogP contribution in [0.4, 0.5) is 4.39 Å². The predicted molar refractivity (Wildman–Crippen MR) is 156 cm³/mol. The Kier molecular flexibility index (Phi) is 12.1. The molecule has 0 heterocycles. The molecule has 0 saturated carbocycles. The van der Waals surface area contributed by atoms with E-state index in [-0.39, 0.29) is 24.2 Å². The quantitative estimate of drug-likeness (QED) is 0.234. The third kappa shape index (κ3) is 9.27. The van der Waals surface area contributed by atoms with Gasteiger partial charge in [-0.05, 0) is 76.7 Å². The lowest BCUT2D eigenvalue weighted by atomic mass is 10.00. The van der Waals surface area contributed by atoms with E-state index < -0.39 is 12.1 Å². The van der Waals surface area contributed by atoms with Crippen LogP contribution in [-0.2, 0) is 13.0 Å². The first-order valence-electron chi connectivity index (χ1n) is 13.4. The maximum absolute atomic E-state index is 13.5. The second kappa shape index (κ2) is 15.5. The van der Waals surface area contributed by atoms with Crippen LogP contribution >= 0.6 is 15.9 Å². The first-order valence-corrected chi connectivity index (χ1v) is 14.2. The Bertz CT molecular complexity index is 1220. The van der Waals surface area contributed by atoms with Crippen LogP contribution in [0.15, 0.2) is 77.3 Å². The van der Waals surface area contributed by atoms with Gasteiger partial charge in [0, 0.05) is 37.3 Å². The predicted octanol–water partition coefficient (Wildman–Crippen LogP) is 5.34. The number of aliphatic hydroxyl groups is 1. The summed E-state index contributed by atoms with van der Waals surface area (Å²) in [5, 5.41) is 17.2. The fraction of sp³-hybridized carbons (Fsp3) is 0.355. The zero-order valence-corrected chi connectivity index (χ0v) is 24.1. The molecule has 8 heteroatoms. The van der Waals surface area contributed by atoms with Crippen molar-refractivity contribution in [2.45, 2.75) is 51.8 Å². The molecule has 3 rings (SSSR count). The summed E-state index contributed by atoms with van der Waals surface area (Å²) in [6, 6.07) is 20.6. The van der Waals surface area contributed by atoms with Gasteiger partial charge in [0.1, 0.15) is 5.82 Å². The van der Waals surface area contributed by atoms with Gasteiger partial charge >= 0.3 is 0 Å². The molecule has 0 aliphatic heterocycles. The van der Waals surface area contributed by atoms with E-state index in [4.69, 9.17) is 0 Å². The maximum Gasteiger partial charge on any atom is 0.253 e. The molecule has 0 aliphatic carbocycles. The fourth-order valence-electron chi connectivity index (χ4n) is 4.39. The number of carbonyl (C=O) groups is 2. The van der Waals surface area contributed by atoms with Crippen LogP contribution in [0.2, 0.25) is 0 Å². The average molecular weight is 599 g/mol. The molecule has 0 radical (unpaired) electrons. The van der Waals surface area contributed by atoms with E-state index in [1.807, 2.05) is 49.1 Å². The van der Waals surface area contributed by atoms with Crippen molar-refractivity contribution >= 4 is 27.7 Å². The number of halogens is 2. The SMILES string of the molecule is CCCN(CCC)C(=O)c1cccc(C(=O)N[C@@H](Cc2ccccc2)[C@H](O)CNCc2ccc(F)c(Br)c2)c1. The second-order valence-corrected chi connectivity index (χ2v) is 10.4. The molecule has 0 saturated heterocycles. The summed E-state index contributed by atoms with van der Waals surface area (Å²) in [6.45, 7) is 6.04. The summed E-state index contributed by atoms with van der Waals surface area (Å²) in [6.07, 6.45) is 1.25. The lowest BCUT2D eigenvalue weighted by Gasteiger charge is -2.25. The van der Waals surface area contributed by atoms with Crippen molar-refractivity contribution in [3.8, 4) is 0 Å². The van der Waals surface area contributed by atoms with E-state index in [9.17, 15) is 19.1 Å². The number of hydrogen-bond acceptors (Lipinski definition) is 4. The smallest absolute Gasteiger partial charge is 0.253 e. The van der Waals surface area contributed by atoms with Gasteiger partial charge in [-0.3, -0.25) is 9.59 Å². The zero-order chi connectivity index (χ0) is 28.2. The molecule has 208 valence electrons. The van der Waals surface area contributed by atoms with Gasteiger partial charge in [0.25, 0.3) is 11.8 Å². The minimum atomic E-state index is -0.896. The first kappa shape index (κ1) is 30.5. The number of benzene rings is 3. The highest BCUT2D eigenvalue weighted by molar-refractivity contribution is 9.10. The van der Waals surface area contributed by atoms with E-state index in [0.717, 1.165) is 24.0 Å². The van der Waals surface area contributed by atoms with Crippen molar-refractivity contribution in [2.75, 3.05) is 19.6 Å². The maximum atomic E-state index is 13.5. The molecule has 2 atom stereocenters. The van der Waals surface area contributed by atoms with Crippen molar-refractivity contribution in [3.63, 3.8) is 0 Å². The summed E-state index contributed by atoms with van der Waals surface area (Å²) in [4.78, 5) is 28.2. The van der Waals surface area contributed by atoms with E-state index in [1.165, 1.54) is 6.07 Å². The van der Waals surface area contributed by atoms with Crippen LogP contribution in [0, 0.1) is 5.82 Å². The van der Waals surface area contributed by atoms with Crippen molar-refractivity contribution in [1.82, 2.24) is 15.5 Å². The molecule has 6 nitrogen and oxygen atoms in total. The summed E-state index contributed by atoms with van der Waals surface area (Å²) in [7, 11) is 0. The Morgan fingerprint density at radius 3 is 2.28 bits per heavy atom. The minimum absolute atomic E-state index is 0.0918. The van der Waals surface area contributed by atoms with Crippen molar-refractivity contribution in [3.05, 3.63) is 105 Å². The van der Waals surface area contributed by atoms with Gasteiger partial charge in [0.05, 0.1) is 16.6 Å². The van der Waals surface area contributed by atoms with Gasteiger partial charge in [-0.2, -0.15) is 0 Å². The molecule has 0 fully saturated rings. The number of rotatable bonds is 14. The third-order valence-corrected chi connectivity index (χ3v) is 7.00. The second-order valence-electron chi connectivity index (χ2n) is 9.59. The highest BCUT2D eigenvalue weighted by Gasteiger charge is 2.23. The highest BCUT2D eigenvalue weighted by atomic mass is 79.9. The minimum Gasteiger partial charge on any atom is -0.390 e. The summed E-state index contributed by atoms with van der Waals surface area (Å²) in [5.41, 5.74) is 2.67. The van der Waals surface area contributed by atoms with Gasteiger partial charge in [0.2, 0.25) is 0 Å². The number of hydrogen-bond donors (Lipinski definition) is 3. The summed E-state index contributed by atoms with van der Waals surface area (Å²) in [5.74, 6) is -0.783. The van der Waals surface area contributed by atoms with Crippen molar-refractivity contribution in [2.24, 2.45) is 0 Å². The molecule has 3 N–H and O–H groups in total. The number of nitrogens with zero attached hydrogens (tertiary/aromatic N) is 1. The van der Waals surface area contributed by atoms with Gasteiger partial charge < -0.3 is 20.6 Å². The highest BCUT2D eigenvalue weighted by Crippen LogP contribution is 2.17. The van der Waals surface area contributed by atoms with Crippen molar-refractivity contribution in [1.29, 1.82) is 0 Å². The Hall–Kier alpha value is -3.07.